The number of non-ortho nitro benzene ring substituents is 1. The van der Waals surface area contributed by atoms with Gasteiger partial charge in [0.05, 0.1) is 24.2 Å². The van der Waals surface area contributed by atoms with E-state index in [0.717, 1.165) is 12.8 Å². The normalized spacial score (nSPS) is 15.5. The zero-order valence-corrected chi connectivity index (χ0v) is 11.1. The molecule has 1 fully saturated rings. The van der Waals surface area contributed by atoms with Gasteiger partial charge in [-0.25, -0.2) is 0 Å². The van der Waals surface area contributed by atoms with E-state index in [-0.39, 0.29) is 29.0 Å². The molecule has 1 aliphatic rings. The van der Waals surface area contributed by atoms with Crippen LogP contribution < -0.4 is 10.1 Å². The van der Waals surface area contributed by atoms with Crippen molar-refractivity contribution in [2.75, 3.05) is 20.3 Å². The quantitative estimate of drug-likeness (QED) is 0.600. The first-order chi connectivity index (χ1) is 9.51. The lowest BCUT2D eigenvalue weighted by Gasteiger charge is -2.14. The number of aliphatic hydroxyl groups excluding tert-OH is 1. The summed E-state index contributed by atoms with van der Waals surface area (Å²) in [7, 11) is 1.40. The van der Waals surface area contributed by atoms with Gasteiger partial charge in [-0.15, -0.1) is 0 Å². The summed E-state index contributed by atoms with van der Waals surface area (Å²) in [5.41, 5.74) is -0.265. The summed E-state index contributed by atoms with van der Waals surface area (Å²) in [6.07, 6.45) is 1.74. The number of nitrogens with one attached hydrogen (secondary N) is 1. The number of nitro benzene ring substituents is 1. The fourth-order valence-electron chi connectivity index (χ4n) is 1.92. The third kappa shape index (κ3) is 2.88. The standard InChI is InChI=1S/C13H16N2O5/c1-20-11-3-2-9(15(18)19)6-10(11)12(17)14-7-13(8-16)4-5-13/h2-3,6,16H,4-5,7-8H2,1H3,(H,14,17). The van der Waals surface area contributed by atoms with Crippen molar-refractivity contribution in [3.63, 3.8) is 0 Å². The first-order valence-corrected chi connectivity index (χ1v) is 6.23. The summed E-state index contributed by atoms with van der Waals surface area (Å²) in [6, 6.07) is 3.87. The maximum Gasteiger partial charge on any atom is 0.270 e. The summed E-state index contributed by atoms with van der Waals surface area (Å²) >= 11 is 0. The van der Waals surface area contributed by atoms with Crippen molar-refractivity contribution in [1.82, 2.24) is 5.32 Å². The van der Waals surface area contributed by atoms with Gasteiger partial charge in [0.15, 0.2) is 0 Å². The number of carbonyl (C=O) groups is 1. The predicted molar refractivity (Wildman–Crippen MR) is 70.7 cm³/mol. The summed E-state index contributed by atoms with van der Waals surface area (Å²) in [5.74, 6) is -0.160. The molecule has 0 spiro atoms. The van der Waals surface area contributed by atoms with E-state index in [1.165, 1.54) is 25.3 Å². The van der Waals surface area contributed by atoms with Gasteiger partial charge in [0.2, 0.25) is 0 Å². The lowest BCUT2D eigenvalue weighted by atomic mass is 10.1. The minimum atomic E-state index is -0.563. The molecule has 1 aromatic carbocycles. The van der Waals surface area contributed by atoms with Gasteiger partial charge in [0.25, 0.3) is 11.6 Å². The van der Waals surface area contributed by atoms with Crippen LogP contribution in [0.4, 0.5) is 5.69 Å². The molecule has 1 amide bonds. The number of aliphatic hydroxyl groups is 1. The molecular weight excluding hydrogens is 264 g/mol. The van der Waals surface area contributed by atoms with Gasteiger partial charge in [0, 0.05) is 24.1 Å². The fraction of sp³-hybridized carbons (Fsp3) is 0.462. The number of amides is 1. The molecule has 0 saturated heterocycles. The van der Waals surface area contributed by atoms with E-state index in [1.807, 2.05) is 0 Å². The first-order valence-electron chi connectivity index (χ1n) is 6.23. The van der Waals surface area contributed by atoms with Crippen LogP contribution in [0.5, 0.6) is 5.75 Å². The highest BCUT2D eigenvalue weighted by Crippen LogP contribution is 2.44. The number of methoxy groups -OCH3 is 1. The van der Waals surface area contributed by atoms with Crippen LogP contribution in [0.1, 0.15) is 23.2 Å². The SMILES string of the molecule is COc1ccc([N+](=O)[O-])cc1C(=O)NCC1(CO)CC1. The van der Waals surface area contributed by atoms with Crippen LogP contribution in [0, 0.1) is 15.5 Å². The van der Waals surface area contributed by atoms with Gasteiger partial charge in [0.1, 0.15) is 5.75 Å². The molecule has 7 heteroatoms. The number of hydrogen-bond acceptors (Lipinski definition) is 5. The van der Waals surface area contributed by atoms with Crippen molar-refractivity contribution >= 4 is 11.6 Å². The minimum Gasteiger partial charge on any atom is -0.496 e. The molecule has 7 nitrogen and oxygen atoms in total. The van der Waals surface area contributed by atoms with E-state index >= 15 is 0 Å². The molecule has 0 heterocycles. The Morgan fingerprint density at radius 3 is 2.75 bits per heavy atom. The third-order valence-electron chi connectivity index (χ3n) is 3.55. The fourth-order valence-corrected chi connectivity index (χ4v) is 1.92. The van der Waals surface area contributed by atoms with Gasteiger partial charge in [-0.1, -0.05) is 0 Å². The Labute approximate surface area is 115 Å². The summed E-state index contributed by atoms with van der Waals surface area (Å²) in [4.78, 5) is 22.3. The maximum absolute atomic E-state index is 12.1. The Bertz CT molecular complexity index is 540. The summed E-state index contributed by atoms with van der Waals surface area (Å²) in [5, 5.41) is 22.6. The molecule has 0 unspecified atom stereocenters. The van der Waals surface area contributed by atoms with Crippen molar-refractivity contribution < 1.29 is 19.6 Å². The van der Waals surface area contributed by atoms with Crippen molar-refractivity contribution in [2.24, 2.45) is 5.41 Å². The van der Waals surface area contributed by atoms with Gasteiger partial charge < -0.3 is 15.2 Å². The number of rotatable bonds is 6. The smallest absolute Gasteiger partial charge is 0.270 e. The average molecular weight is 280 g/mol. The Morgan fingerprint density at radius 1 is 1.55 bits per heavy atom. The largest absolute Gasteiger partial charge is 0.496 e. The van der Waals surface area contributed by atoms with Crippen molar-refractivity contribution in [3.05, 3.63) is 33.9 Å². The van der Waals surface area contributed by atoms with Crippen molar-refractivity contribution in [3.8, 4) is 5.75 Å². The number of ether oxygens (including phenoxy) is 1. The molecule has 1 aliphatic carbocycles. The number of hydrogen-bond donors (Lipinski definition) is 2. The van der Waals surface area contributed by atoms with E-state index < -0.39 is 10.8 Å². The van der Waals surface area contributed by atoms with E-state index in [0.29, 0.717) is 6.54 Å². The molecule has 0 radical (unpaired) electrons. The van der Waals surface area contributed by atoms with Crippen molar-refractivity contribution in [2.45, 2.75) is 12.8 Å². The van der Waals surface area contributed by atoms with Gasteiger partial charge in [-0.3, -0.25) is 14.9 Å². The molecule has 0 aromatic heterocycles. The predicted octanol–water partition coefficient (Wildman–Crippen LogP) is 1.11. The average Bonchev–Trinajstić information content (AvgIpc) is 3.24. The molecular formula is C13H16N2O5. The zero-order chi connectivity index (χ0) is 14.8. The topological polar surface area (TPSA) is 102 Å². The molecule has 1 saturated carbocycles. The molecule has 2 rings (SSSR count). The van der Waals surface area contributed by atoms with Gasteiger partial charge in [-0.2, -0.15) is 0 Å². The molecule has 20 heavy (non-hydrogen) atoms. The summed E-state index contributed by atoms with van der Waals surface area (Å²) in [6.45, 7) is 0.382. The number of carbonyl (C=O) groups excluding carboxylic acids is 1. The van der Waals surface area contributed by atoms with Crippen LogP contribution in [0.2, 0.25) is 0 Å². The second-order valence-electron chi connectivity index (χ2n) is 4.98. The Morgan fingerprint density at radius 2 is 2.25 bits per heavy atom. The van der Waals surface area contributed by atoms with E-state index in [2.05, 4.69) is 5.32 Å². The Hall–Kier alpha value is -2.15. The van der Waals surface area contributed by atoms with Crippen molar-refractivity contribution in [1.29, 1.82) is 0 Å². The monoisotopic (exact) mass is 280 g/mol. The van der Waals surface area contributed by atoms with Crippen LogP contribution in [-0.2, 0) is 0 Å². The van der Waals surface area contributed by atoms with Crippen LogP contribution in [-0.4, -0.2) is 36.2 Å². The van der Waals surface area contributed by atoms with Crippen LogP contribution in [0.3, 0.4) is 0 Å². The molecule has 0 atom stereocenters. The highest BCUT2D eigenvalue weighted by molar-refractivity contribution is 5.97. The van der Waals surface area contributed by atoms with Crippen LogP contribution in [0.25, 0.3) is 0 Å². The molecule has 0 aliphatic heterocycles. The lowest BCUT2D eigenvalue weighted by molar-refractivity contribution is -0.384. The zero-order valence-electron chi connectivity index (χ0n) is 11.1. The summed E-state index contributed by atoms with van der Waals surface area (Å²) < 4.78 is 5.04. The van der Waals surface area contributed by atoms with E-state index in [4.69, 9.17) is 4.74 Å². The maximum atomic E-state index is 12.1. The van der Waals surface area contributed by atoms with Gasteiger partial charge in [-0.05, 0) is 18.9 Å². The molecule has 1 aromatic rings. The minimum absolute atomic E-state index is 0.0271. The third-order valence-corrected chi connectivity index (χ3v) is 3.55. The highest BCUT2D eigenvalue weighted by Gasteiger charge is 2.42. The molecule has 2 N–H and O–H groups in total. The molecule has 0 bridgehead atoms. The highest BCUT2D eigenvalue weighted by atomic mass is 16.6. The van der Waals surface area contributed by atoms with E-state index in [1.54, 1.807) is 0 Å². The lowest BCUT2D eigenvalue weighted by Crippen LogP contribution is -2.32. The number of nitro groups is 1. The van der Waals surface area contributed by atoms with Gasteiger partial charge >= 0.3 is 0 Å². The number of nitrogens with zero attached hydrogens (tertiary/aromatic N) is 1. The number of benzene rings is 1. The second kappa shape index (κ2) is 5.46. The second-order valence-corrected chi connectivity index (χ2v) is 4.98. The molecule has 108 valence electrons. The van der Waals surface area contributed by atoms with E-state index in [9.17, 15) is 20.0 Å². The Balaban J connectivity index is 2.15. The van der Waals surface area contributed by atoms with Crippen LogP contribution in [0.15, 0.2) is 18.2 Å². The Kier molecular flexibility index (Phi) is 3.89. The first kappa shape index (κ1) is 14.3. The van der Waals surface area contributed by atoms with Crippen LogP contribution >= 0.6 is 0 Å².